The Labute approximate surface area is 165 Å². The van der Waals surface area contributed by atoms with Crippen LogP contribution >= 0.6 is 11.6 Å². The average molecular weight is 385 g/mol. The number of ketones is 2. The monoisotopic (exact) mass is 384 g/mol. The molecule has 2 aliphatic rings. The molecule has 0 spiro atoms. The molecule has 142 valence electrons. The van der Waals surface area contributed by atoms with Gasteiger partial charge in [-0.2, -0.15) is 0 Å². The van der Waals surface area contributed by atoms with Crippen molar-refractivity contribution < 1.29 is 14.3 Å². The number of benzene rings is 1. The minimum atomic E-state index is -0.199. The van der Waals surface area contributed by atoms with Gasteiger partial charge in [-0.15, -0.1) is 0 Å². The highest BCUT2D eigenvalue weighted by Crippen LogP contribution is 2.31. The maximum Gasteiger partial charge on any atom is 0.163 e. The lowest BCUT2D eigenvalue weighted by molar-refractivity contribution is -0.117. The quantitative estimate of drug-likeness (QED) is 0.629. The Bertz CT molecular complexity index is 874. The molecule has 1 unspecified atom stereocenters. The first kappa shape index (κ1) is 19.8. The van der Waals surface area contributed by atoms with E-state index in [4.69, 9.17) is 16.3 Å². The molecule has 4 heteroatoms. The number of hydrogen-bond acceptors (Lipinski definition) is 3. The van der Waals surface area contributed by atoms with Crippen LogP contribution in [-0.2, 0) is 9.53 Å². The number of hydrogen-bond donors (Lipinski definition) is 0. The summed E-state index contributed by atoms with van der Waals surface area (Å²) in [5, 5.41) is 0.565. The number of Topliss-reactive ketones (excluding diaryl/α,β-unsaturated/α-hetero) is 1. The van der Waals surface area contributed by atoms with Gasteiger partial charge in [0.2, 0.25) is 0 Å². The molecule has 1 aliphatic heterocycles. The van der Waals surface area contributed by atoms with Gasteiger partial charge >= 0.3 is 0 Å². The van der Waals surface area contributed by atoms with Crippen molar-refractivity contribution in [1.29, 1.82) is 0 Å². The van der Waals surface area contributed by atoms with Crippen molar-refractivity contribution in [2.75, 3.05) is 13.2 Å². The molecule has 0 bridgehead atoms. The third kappa shape index (κ3) is 4.48. The molecule has 0 saturated carbocycles. The van der Waals surface area contributed by atoms with E-state index in [0.29, 0.717) is 36.6 Å². The molecule has 0 N–H and O–H groups in total. The number of carbonyl (C=O) groups excluding carboxylic acids is 2. The van der Waals surface area contributed by atoms with E-state index in [-0.39, 0.29) is 17.5 Å². The van der Waals surface area contributed by atoms with Crippen molar-refractivity contribution in [3.8, 4) is 0 Å². The molecule has 0 radical (unpaired) electrons. The molecule has 27 heavy (non-hydrogen) atoms. The predicted molar refractivity (Wildman–Crippen MR) is 109 cm³/mol. The number of allylic oxidation sites excluding steroid dienone is 4. The Morgan fingerprint density at radius 1 is 1.22 bits per heavy atom. The second-order valence-corrected chi connectivity index (χ2v) is 7.81. The normalized spacial score (nSPS) is 20.1. The Balaban J connectivity index is 1.79. The number of ether oxygens (including phenoxy) is 1. The van der Waals surface area contributed by atoms with E-state index in [1.807, 2.05) is 32.9 Å². The van der Waals surface area contributed by atoms with E-state index < -0.39 is 0 Å². The molecular weight excluding hydrogens is 360 g/mol. The molecule has 1 heterocycles. The molecule has 1 aromatic rings. The largest absolute Gasteiger partial charge is 0.377 e. The van der Waals surface area contributed by atoms with Gasteiger partial charge in [-0.1, -0.05) is 29.3 Å². The summed E-state index contributed by atoms with van der Waals surface area (Å²) in [5.41, 5.74) is 5.82. The lowest BCUT2D eigenvalue weighted by Gasteiger charge is -2.20. The van der Waals surface area contributed by atoms with E-state index in [0.717, 1.165) is 28.7 Å². The molecular formula is C23H25ClO3. The van der Waals surface area contributed by atoms with Crippen LogP contribution in [0, 0.1) is 12.8 Å². The zero-order valence-corrected chi connectivity index (χ0v) is 16.9. The number of carbonyl (C=O) groups is 2. The molecule has 0 saturated heterocycles. The van der Waals surface area contributed by atoms with Crippen molar-refractivity contribution in [1.82, 2.24) is 0 Å². The first-order valence-electron chi connectivity index (χ1n) is 9.37. The van der Waals surface area contributed by atoms with Gasteiger partial charge in [-0.05, 0) is 74.1 Å². The molecule has 0 fully saturated rings. The highest BCUT2D eigenvalue weighted by molar-refractivity contribution is 6.31. The van der Waals surface area contributed by atoms with E-state index in [2.05, 4.69) is 6.08 Å². The first-order chi connectivity index (χ1) is 12.9. The summed E-state index contributed by atoms with van der Waals surface area (Å²) in [6.45, 7) is 7.13. The molecule has 0 aromatic heterocycles. The van der Waals surface area contributed by atoms with Crippen LogP contribution in [0.4, 0.5) is 0 Å². The molecule has 1 atom stereocenters. The van der Waals surface area contributed by atoms with Gasteiger partial charge in [0.15, 0.2) is 11.6 Å². The second kappa shape index (κ2) is 8.37. The Morgan fingerprint density at radius 2 is 2.00 bits per heavy atom. The molecule has 3 rings (SSSR count). The van der Waals surface area contributed by atoms with Crippen LogP contribution < -0.4 is 0 Å². The highest BCUT2D eigenvalue weighted by Gasteiger charge is 2.24. The van der Waals surface area contributed by atoms with Gasteiger partial charge in [-0.25, -0.2) is 0 Å². The zero-order chi connectivity index (χ0) is 19.6. The van der Waals surface area contributed by atoms with Crippen molar-refractivity contribution in [3.63, 3.8) is 0 Å². The summed E-state index contributed by atoms with van der Waals surface area (Å²) in [4.78, 5) is 25.2. The molecule has 3 nitrogen and oxygen atoms in total. The van der Waals surface area contributed by atoms with E-state index in [1.54, 1.807) is 12.1 Å². The Kier molecular flexibility index (Phi) is 6.13. The van der Waals surface area contributed by atoms with Crippen LogP contribution in [-0.4, -0.2) is 24.8 Å². The average Bonchev–Trinajstić information content (AvgIpc) is 2.63. The Morgan fingerprint density at radius 3 is 2.67 bits per heavy atom. The lowest BCUT2D eigenvalue weighted by Crippen LogP contribution is -2.19. The summed E-state index contributed by atoms with van der Waals surface area (Å²) in [6, 6.07) is 3.67. The van der Waals surface area contributed by atoms with Crippen LogP contribution in [0.15, 0.2) is 41.5 Å². The predicted octanol–water partition coefficient (Wildman–Crippen LogP) is 5.51. The lowest BCUT2D eigenvalue weighted by atomic mass is 9.84. The topological polar surface area (TPSA) is 43.4 Å². The molecule has 1 aliphatic carbocycles. The first-order valence-corrected chi connectivity index (χ1v) is 9.75. The summed E-state index contributed by atoms with van der Waals surface area (Å²) in [7, 11) is 0. The van der Waals surface area contributed by atoms with Gasteiger partial charge in [0.1, 0.15) is 0 Å². The Hall–Kier alpha value is -1.97. The van der Waals surface area contributed by atoms with Crippen LogP contribution in [0.1, 0.15) is 54.6 Å². The summed E-state index contributed by atoms with van der Waals surface area (Å²) >= 11 is 6.31. The van der Waals surface area contributed by atoms with E-state index in [1.165, 1.54) is 5.57 Å². The van der Waals surface area contributed by atoms with E-state index in [9.17, 15) is 9.59 Å². The number of halogens is 1. The van der Waals surface area contributed by atoms with Crippen LogP contribution in [0.25, 0.3) is 5.57 Å². The van der Waals surface area contributed by atoms with E-state index >= 15 is 0 Å². The van der Waals surface area contributed by atoms with Crippen molar-refractivity contribution in [3.05, 3.63) is 63.2 Å². The fourth-order valence-electron chi connectivity index (χ4n) is 3.90. The van der Waals surface area contributed by atoms with Gasteiger partial charge < -0.3 is 4.74 Å². The third-order valence-electron chi connectivity index (χ3n) is 5.36. The van der Waals surface area contributed by atoms with Gasteiger partial charge in [0, 0.05) is 22.9 Å². The van der Waals surface area contributed by atoms with Gasteiger partial charge in [0.05, 0.1) is 13.2 Å². The summed E-state index contributed by atoms with van der Waals surface area (Å²) in [6.07, 6.45) is 7.43. The number of rotatable bonds is 5. The van der Waals surface area contributed by atoms with Crippen molar-refractivity contribution in [2.24, 2.45) is 5.92 Å². The fourth-order valence-corrected chi connectivity index (χ4v) is 4.12. The van der Waals surface area contributed by atoms with Gasteiger partial charge in [0.25, 0.3) is 0 Å². The minimum absolute atomic E-state index is 0.0378. The minimum Gasteiger partial charge on any atom is -0.377 e. The maximum absolute atomic E-state index is 12.9. The van der Waals surface area contributed by atoms with Gasteiger partial charge in [-0.3, -0.25) is 9.59 Å². The van der Waals surface area contributed by atoms with Crippen molar-refractivity contribution >= 4 is 28.7 Å². The van der Waals surface area contributed by atoms with Crippen LogP contribution in [0.3, 0.4) is 0 Å². The molecule has 1 aromatic carbocycles. The van der Waals surface area contributed by atoms with Crippen LogP contribution in [0.2, 0.25) is 5.02 Å². The smallest absolute Gasteiger partial charge is 0.163 e. The summed E-state index contributed by atoms with van der Waals surface area (Å²) < 4.78 is 5.38. The molecule has 0 amide bonds. The fraction of sp³-hybridized carbons (Fsp3) is 0.391. The van der Waals surface area contributed by atoms with Crippen LogP contribution in [0.5, 0.6) is 0 Å². The second-order valence-electron chi connectivity index (χ2n) is 7.37. The summed E-state index contributed by atoms with van der Waals surface area (Å²) in [5.74, 6) is -0.0678. The SMILES string of the molecule is CC1=CC(=O)C(CCC(=O)c2cc(Cl)cc(C3=CCOCC3)c2C)C(C)=C1. The standard InChI is InChI=1S/C23H25ClO3/c1-14-10-15(2)19(23(26)11-14)4-5-22(25)21-13-18(24)12-20(16(21)3)17-6-8-27-9-7-17/h6,10-13,19H,4-5,7-9H2,1-3H3. The highest BCUT2D eigenvalue weighted by atomic mass is 35.5. The maximum atomic E-state index is 12.9. The third-order valence-corrected chi connectivity index (χ3v) is 5.58. The van der Waals surface area contributed by atoms with Crippen molar-refractivity contribution in [2.45, 2.75) is 40.0 Å². The zero-order valence-electron chi connectivity index (χ0n) is 16.1.